The standard InChI is InChI=1S/C37H41N/c1-26-22-30(24-27-18-20-38(21-19-27)25-28-8-3-2-4-9-28)37(23-26)33-13-7-12-32-35-15-14-29-10-5-6-11-31(29)34(35)16-17-36(32)33/h2-6,8-11,14-17,24,26-27,33,37H,7,12-13,18-23,25H2,1H3. The van der Waals surface area contributed by atoms with Gasteiger partial charge in [-0.1, -0.05) is 97.4 Å². The predicted molar refractivity (Wildman–Crippen MR) is 162 cm³/mol. The van der Waals surface area contributed by atoms with Crippen molar-refractivity contribution >= 4 is 21.5 Å². The van der Waals surface area contributed by atoms with Crippen LogP contribution in [0.1, 0.15) is 68.1 Å². The van der Waals surface area contributed by atoms with Crippen LogP contribution in [0.5, 0.6) is 0 Å². The summed E-state index contributed by atoms with van der Waals surface area (Å²) in [5.41, 5.74) is 6.57. The molecule has 4 aromatic carbocycles. The Hall–Kier alpha value is -2.90. The number of piperidine rings is 1. The van der Waals surface area contributed by atoms with Gasteiger partial charge in [0.2, 0.25) is 0 Å². The molecule has 1 saturated heterocycles. The first-order chi connectivity index (χ1) is 18.7. The number of allylic oxidation sites excluding steroid dienone is 2. The molecule has 0 N–H and O–H groups in total. The maximum atomic E-state index is 2.77. The summed E-state index contributed by atoms with van der Waals surface area (Å²) in [6.45, 7) is 6.06. The molecule has 3 atom stereocenters. The van der Waals surface area contributed by atoms with E-state index in [1.54, 1.807) is 16.7 Å². The van der Waals surface area contributed by atoms with Crippen molar-refractivity contribution in [2.75, 3.05) is 13.1 Å². The van der Waals surface area contributed by atoms with Gasteiger partial charge in [0, 0.05) is 6.54 Å². The van der Waals surface area contributed by atoms with Crippen molar-refractivity contribution in [3.63, 3.8) is 0 Å². The quantitative estimate of drug-likeness (QED) is 0.200. The highest BCUT2D eigenvalue weighted by Crippen LogP contribution is 2.50. The number of aryl methyl sites for hydroxylation is 1. The van der Waals surface area contributed by atoms with Crippen LogP contribution in [0.3, 0.4) is 0 Å². The molecule has 0 amide bonds. The van der Waals surface area contributed by atoms with Gasteiger partial charge in [0.25, 0.3) is 0 Å². The summed E-state index contributed by atoms with van der Waals surface area (Å²) in [4.78, 5) is 2.66. The molecule has 0 bridgehead atoms. The zero-order valence-corrected chi connectivity index (χ0v) is 22.9. The molecule has 7 rings (SSSR count). The second-order valence-electron chi connectivity index (χ2n) is 12.5. The molecule has 3 unspecified atom stereocenters. The molecule has 0 aromatic heterocycles. The number of likely N-dealkylation sites (tertiary alicyclic amines) is 1. The number of nitrogens with zero attached hydrogens (tertiary/aromatic N) is 1. The van der Waals surface area contributed by atoms with Crippen LogP contribution >= 0.6 is 0 Å². The van der Waals surface area contributed by atoms with Gasteiger partial charge in [0.15, 0.2) is 0 Å². The summed E-state index contributed by atoms with van der Waals surface area (Å²) in [5.74, 6) is 3.02. The van der Waals surface area contributed by atoms with Gasteiger partial charge < -0.3 is 0 Å². The summed E-state index contributed by atoms with van der Waals surface area (Å²) in [6.07, 6.45) is 12.0. The third-order valence-corrected chi connectivity index (χ3v) is 9.95. The summed E-state index contributed by atoms with van der Waals surface area (Å²) in [5, 5.41) is 5.72. The largest absolute Gasteiger partial charge is 0.299 e. The van der Waals surface area contributed by atoms with E-state index in [9.17, 15) is 0 Å². The average Bonchev–Trinajstić information content (AvgIpc) is 3.33. The number of fused-ring (bicyclic) bond motifs is 5. The van der Waals surface area contributed by atoms with Crippen LogP contribution in [0, 0.1) is 17.8 Å². The van der Waals surface area contributed by atoms with Gasteiger partial charge in [-0.05, 0) is 120 Å². The summed E-state index contributed by atoms with van der Waals surface area (Å²) >= 11 is 0. The molecule has 0 radical (unpaired) electrons. The molecule has 1 nitrogen and oxygen atoms in total. The lowest BCUT2D eigenvalue weighted by Crippen LogP contribution is -2.32. The monoisotopic (exact) mass is 499 g/mol. The third-order valence-electron chi connectivity index (χ3n) is 9.95. The van der Waals surface area contributed by atoms with E-state index in [1.165, 1.54) is 85.1 Å². The van der Waals surface area contributed by atoms with Crippen LogP contribution in [-0.2, 0) is 13.0 Å². The maximum Gasteiger partial charge on any atom is 0.0233 e. The minimum absolute atomic E-state index is 0.698. The van der Waals surface area contributed by atoms with E-state index in [-0.39, 0.29) is 0 Å². The van der Waals surface area contributed by atoms with E-state index >= 15 is 0 Å². The highest BCUT2D eigenvalue weighted by atomic mass is 15.1. The number of rotatable bonds is 4. The van der Waals surface area contributed by atoms with Gasteiger partial charge in [-0.15, -0.1) is 0 Å². The van der Waals surface area contributed by atoms with Crippen molar-refractivity contribution in [2.45, 2.75) is 64.3 Å². The van der Waals surface area contributed by atoms with Crippen LogP contribution < -0.4 is 0 Å². The Kier molecular flexibility index (Phi) is 6.58. The third kappa shape index (κ3) is 4.60. The van der Waals surface area contributed by atoms with Gasteiger partial charge in [-0.25, -0.2) is 0 Å². The predicted octanol–water partition coefficient (Wildman–Crippen LogP) is 9.30. The van der Waals surface area contributed by atoms with E-state index in [0.29, 0.717) is 5.92 Å². The lowest BCUT2D eigenvalue weighted by Gasteiger charge is -2.34. The van der Waals surface area contributed by atoms with E-state index in [0.717, 1.165) is 24.3 Å². The minimum atomic E-state index is 0.698. The Morgan fingerprint density at radius 2 is 1.55 bits per heavy atom. The topological polar surface area (TPSA) is 3.24 Å². The lowest BCUT2D eigenvalue weighted by atomic mass is 9.72. The summed E-state index contributed by atoms with van der Waals surface area (Å²) in [6, 6.07) is 29.6. The molecule has 1 heteroatoms. The van der Waals surface area contributed by atoms with E-state index in [4.69, 9.17) is 0 Å². The smallest absolute Gasteiger partial charge is 0.0233 e. The second kappa shape index (κ2) is 10.3. The van der Waals surface area contributed by atoms with Crippen LogP contribution in [0.15, 0.2) is 90.5 Å². The second-order valence-corrected chi connectivity index (χ2v) is 12.5. The fourth-order valence-electron chi connectivity index (χ4n) is 8.12. The highest BCUT2D eigenvalue weighted by Gasteiger charge is 2.36. The Bertz CT molecular complexity index is 1460. The molecule has 38 heavy (non-hydrogen) atoms. The molecule has 1 saturated carbocycles. The Morgan fingerprint density at radius 1 is 0.763 bits per heavy atom. The molecular weight excluding hydrogens is 458 g/mol. The Labute approximate surface area is 228 Å². The summed E-state index contributed by atoms with van der Waals surface area (Å²) < 4.78 is 0. The van der Waals surface area contributed by atoms with E-state index in [1.807, 2.05) is 0 Å². The zero-order chi connectivity index (χ0) is 25.5. The lowest BCUT2D eigenvalue weighted by molar-refractivity contribution is 0.195. The minimum Gasteiger partial charge on any atom is -0.299 e. The van der Waals surface area contributed by atoms with Crippen molar-refractivity contribution in [1.82, 2.24) is 4.90 Å². The number of hydrogen-bond acceptors (Lipinski definition) is 1. The van der Waals surface area contributed by atoms with Crippen molar-refractivity contribution < 1.29 is 0 Å². The number of benzene rings is 4. The molecule has 1 aliphatic heterocycles. The van der Waals surface area contributed by atoms with Gasteiger partial charge >= 0.3 is 0 Å². The number of hydrogen-bond donors (Lipinski definition) is 0. The molecule has 3 aliphatic rings. The summed E-state index contributed by atoms with van der Waals surface area (Å²) in [7, 11) is 0. The molecule has 2 aliphatic carbocycles. The normalized spacial score (nSPS) is 25.8. The van der Waals surface area contributed by atoms with Crippen molar-refractivity contribution in [2.24, 2.45) is 17.8 Å². The molecular formula is C37H41N. The van der Waals surface area contributed by atoms with Crippen molar-refractivity contribution in [3.8, 4) is 0 Å². The molecule has 1 heterocycles. The fraction of sp³-hybridized carbons (Fsp3) is 0.405. The van der Waals surface area contributed by atoms with Crippen molar-refractivity contribution in [3.05, 3.63) is 107 Å². The first-order valence-electron chi connectivity index (χ1n) is 15.1. The molecule has 2 fully saturated rings. The van der Waals surface area contributed by atoms with Crippen LogP contribution in [0.2, 0.25) is 0 Å². The van der Waals surface area contributed by atoms with Crippen LogP contribution in [0.4, 0.5) is 0 Å². The van der Waals surface area contributed by atoms with Crippen LogP contribution in [-0.4, -0.2) is 18.0 Å². The van der Waals surface area contributed by atoms with Gasteiger partial charge in [0.1, 0.15) is 0 Å². The highest BCUT2D eigenvalue weighted by molar-refractivity contribution is 6.08. The first-order valence-corrected chi connectivity index (χ1v) is 15.1. The van der Waals surface area contributed by atoms with E-state index < -0.39 is 0 Å². The SMILES string of the molecule is CC1CC(=CC2CCN(Cc3ccccc3)CC2)C(C2CCCc3c2ccc2c3ccc3ccccc32)C1. The average molecular weight is 500 g/mol. The zero-order valence-electron chi connectivity index (χ0n) is 22.9. The van der Waals surface area contributed by atoms with Crippen molar-refractivity contribution in [1.29, 1.82) is 0 Å². The van der Waals surface area contributed by atoms with E-state index in [2.05, 4.69) is 96.8 Å². The van der Waals surface area contributed by atoms with Gasteiger partial charge in [-0.2, -0.15) is 0 Å². The molecule has 194 valence electrons. The maximum absolute atomic E-state index is 2.77. The van der Waals surface area contributed by atoms with Gasteiger partial charge in [0.05, 0.1) is 0 Å². The fourth-order valence-corrected chi connectivity index (χ4v) is 8.12. The first kappa shape index (κ1) is 24.2. The molecule has 4 aromatic rings. The Morgan fingerprint density at radius 3 is 2.42 bits per heavy atom. The Balaban J connectivity index is 1.13. The van der Waals surface area contributed by atoms with Gasteiger partial charge in [-0.3, -0.25) is 4.90 Å². The van der Waals surface area contributed by atoms with Crippen LogP contribution in [0.25, 0.3) is 21.5 Å². The molecule has 0 spiro atoms.